The maximum atomic E-state index is 2.60. The number of nitrogens with zero attached hydrogens (tertiary/aromatic N) is 1. The third-order valence-corrected chi connectivity index (χ3v) is 3.23. The second-order valence-electron chi connectivity index (χ2n) is 5.71. The van der Waals surface area contributed by atoms with Gasteiger partial charge in [-0.05, 0) is 32.6 Å². The molecule has 0 saturated carbocycles. The van der Waals surface area contributed by atoms with Gasteiger partial charge in [0.1, 0.15) is 0 Å². The van der Waals surface area contributed by atoms with Crippen LogP contribution in [0.2, 0.25) is 0 Å². The van der Waals surface area contributed by atoms with Gasteiger partial charge in [0.05, 0.1) is 0 Å². The molecule has 1 aliphatic heterocycles. The molecule has 82 valence electrons. The fourth-order valence-electron chi connectivity index (χ4n) is 2.55. The number of hydrogen-bond donors (Lipinski definition) is 0. The molecule has 1 nitrogen and oxygen atoms in total. The molecule has 0 amide bonds. The first kappa shape index (κ1) is 11.8. The quantitative estimate of drug-likeness (QED) is 0.579. The van der Waals surface area contributed by atoms with Crippen LogP contribution in [0, 0.1) is 5.41 Å². The molecule has 1 rings (SSSR count). The lowest BCUT2D eigenvalue weighted by Crippen LogP contribution is -2.45. The Labute approximate surface area is 89.2 Å². The summed E-state index contributed by atoms with van der Waals surface area (Å²) in [6, 6.07) is 1.28. The highest BCUT2D eigenvalue weighted by Crippen LogP contribution is 2.33. The molecule has 0 bridgehead atoms. The molecule has 0 aromatic rings. The van der Waals surface area contributed by atoms with Crippen LogP contribution in [0.5, 0.6) is 0 Å². The Kier molecular flexibility index (Phi) is 3.41. The van der Waals surface area contributed by atoms with Gasteiger partial charge in [-0.1, -0.05) is 32.4 Å². The van der Waals surface area contributed by atoms with Crippen molar-refractivity contribution < 1.29 is 0 Å². The van der Waals surface area contributed by atoms with Crippen LogP contribution in [-0.4, -0.2) is 23.5 Å². The Morgan fingerprint density at radius 1 is 1.36 bits per heavy atom. The summed E-state index contributed by atoms with van der Waals surface area (Å²) in [5.74, 6) is 0. The van der Waals surface area contributed by atoms with Gasteiger partial charge >= 0.3 is 0 Å². The van der Waals surface area contributed by atoms with Crippen LogP contribution in [0.4, 0.5) is 0 Å². The van der Waals surface area contributed by atoms with Gasteiger partial charge in [-0.3, -0.25) is 4.90 Å². The summed E-state index contributed by atoms with van der Waals surface area (Å²) in [4.78, 5) is 2.60. The van der Waals surface area contributed by atoms with E-state index in [1.807, 2.05) is 0 Å². The number of hydrogen-bond acceptors (Lipinski definition) is 1. The van der Waals surface area contributed by atoms with Gasteiger partial charge in [0, 0.05) is 18.6 Å². The van der Waals surface area contributed by atoms with Crippen LogP contribution in [0.15, 0.2) is 11.6 Å². The molecule has 0 saturated heterocycles. The predicted molar refractivity (Wildman–Crippen MR) is 63.5 cm³/mol. The van der Waals surface area contributed by atoms with E-state index in [9.17, 15) is 0 Å². The van der Waals surface area contributed by atoms with E-state index in [4.69, 9.17) is 0 Å². The van der Waals surface area contributed by atoms with Crippen LogP contribution in [0.25, 0.3) is 0 Å². The van der Waals surface area contributed by atoms with Crippen molar-refractivity contribution in [2.45, 2.75) is 60.0 Å². The van der Waals surface area contributed by atoms with E-state index in [1.54, 1.807) is 5.57 Å². The lowest BCUT2D eigenvalue weighted by Gasteiger charge is -2.41. The van der Waals surface area contributed by atoms with Gasteiger partial charge in [-0.2, -0.15) is 0 Å². The first-order chi connectivity index (χ1) is 6.34. The zero-order valence-electron chi connectivity index (χ0n) is 10.6. The van der Waals surface area contributed by atoms with Crippen molar-refractivity contribution in [3.8, 4) is 0 Å². The summed E-state index contributed by atoms with van der Waals surface area (Å²) in [5.41, 5.74) is 1.94. The Balaban J connectivity index is 2.84. The summed E-state index contributed by atoms with van der Waals surface area (Å²) in [5, 5.41) is 0. The zero-order chi connectivity index (χ0) is 10.9. The molecule has 1 unspecified atom stereocenters. The number of rotatable bonds is 1. The monoisotopic (exact) mass is 195 g/mol. The van der Waals surface area contributed by atoms with E-state index in [0.717, 1.165) is 0 Å². The van der Waals surface area contributed by atoms with Crippen molar-refractivity contribution >= 4 is 0 Å². The SMILES string of the molecule is CC(C)N1CCC=C(C(C)(C)C)C1C. The molecule has 1 heteroatoms. The fraction of sp³-hybridized carbons (Fsp3) is 0.846. The predicted octanol–water partition coefficient (Wildman–Crippen LogP) is 3.46. The first-order valence-corrected chi connectivity index (χ1v) is 5.80. The van der Waals surface area contributed by atoms with Crippen molar-refractivity contribution in [1.29, 1.82) is 0 Å². The third kappa shape index (κ3) is 2.38. The second kappa shape index (κ2) is 4.06. The molecule has 0 spiro atoms. The van der Waals surface area contributed by atoms with Crippen molar-refractivity contribution in [3.63, 3.8) is 0 Å². The van der Waals surface area contributed by atoms with E-state index in [2.05, 4.69) is 52.5 Å². The van der Waals surface area contributed by atoms with Gasteiger partial charge in [0.2, 0.25) is 0 Å². The summed E-state index contributed by atoms with van der Waals surface area (Å²) in [6.45, 7) is 15.1. The molecule has 0 aliphatic carbocycles. The van der Waals surface area contributed by atoms with Crippen LogP contribution in [0.1, 0.15) is 48.0 Å². The van der Waals surface area contributed by atoms with Crippen LogP contribution < -0.4 is 0 Å². The molecule has 1 aliphatic rings. The minimum Gasteiger partial charge on any atom is -0.294 e. The molecule has 1 heterocycles. The largest absolute Gasteiger partial charge is 0.294 e. The zero-order valence-corrected chi connectivity index (χ0v) is 10.6. The fourth-order valence-corrected chi connectivity index (χ4v) is 2.55. The Hall–Kier alpha value is -0.300. The van der Waals surface area contributed by atoms with E-state index >= 15 is 0 Å². The topological polar surface area (TPSA) is 3.24 Å². The highest BCUT2D eigenvalue weighted by Gasteiger charge is 2.29. The maximum Gasteiger partial charge on any atom is 0.0287 e. The van der Waals surface area contributed by atoms with Crippen LogP contribution >= 0.6 is 0 Å². The van der Waals surface area contributed by atoms with Crippen molar-refractivity contribution in [2.24, 2.45) is 5.41 Å². The summed E-state index contributed by atoms with van der Waals surface area (Å²) in [7, 11) is 0. The lowest BCUT2D eigenvalue weighted by atomic mass is 9.79. The molecule has 0 radical (unpaired) electrons. The average Bonchev–Trinajstić information content (AvgIpc) is 2.01. The van der Waals surface area contributed by atoms with Crippen molar-refractivity contribution in [2.75, 3.05) is 6.54 Å². The molecule has 0 aromatic heterocycles. The maximum absolute atomic E-state index is 2.60. The van der Waals surface area contributed by atoms with Crippen molar-refractivity contribution in [3.05, 3.63) is 11.6 Å². The van der Waals surface area contributed by atoms with Gasteiger partial charge in [0.25, 0.3) is 0 Å². The first-order valence-electron chi connectivity index (χ1n) is 5.80. The van der Waals surface area contributed by atoms with Crippen LogP contribution in [-0.2, 0) is 0 Å². The Bertz CT molecular complexity index is 220. The van der Waals surface area contributed by atoms with Crippen LogP contribution in [0.3, 0.4) is 0 Å². The summed E-state index contributed by atoms with van der Waals surface area (Å²) < 4.78 is 0. The molecule has 0 fully saturated rings. The third-order valence-electron chi connectivity index (χ3n) is 3.23. The highest BCUT2D eigenvalue weighted by atomic mass is 15.2. The minimum absolute atomic E-state index is 0.326. The standard InChI is InChI=1S/C13H25N/c1-10(2)14-9-7-8-12(11(14)3)13(4,5)6/h8,10-11H,7,9H2,1-6H3. The summed E-state index contributed by atoms with van der Waals surface area (Å²) in [6.07, 6.45) is 3.67. The van der Waals surface area contributed by atoms with Gasteiger partial charge in [0.15, 0.2) is 0 Å². The van der Waals surface area contributed by atoms with Crippen molar-refractivity contribution in [1.82, 2.24) is 4.90 Å². The molecule has 0 N–H and O–H groups in total. The average molecular weight is 195 g/mol. The molecule has 1 atom stereocenters. The van der Waals surface area contributed by atoms with E-state index in [-0.39, 0.29) is 0 Å². The van der Waals surface area contributed by atoms with E-state index in [0.29, 0.717) is 17.5 Å². The lowest BCUT2D eigenvalue weighted by molar-refractivity contribution is 0.161. The molecule has 0 aromatic carbocycles. The highest BCUT2D eigenvalue weighted by molar-refractivity contribution is 5.20. The normalized spacial score (nSPS) is 25.4. The van der Waals surface area contributed by atoms with Gasteiger partial charge in [-0.15, -0.1) is 0 Å². The Morgan fingerprint density at radius 2 is 1.93 bits per heavy atom. The molecular weight excluding hydrogens is 170 g/mol. The van der Waals surface area contributed by atoms with Gasteiger partial charge < -0.3 is 0 Å². The summed E-state index contributed by atoms with van der Waals surface area (Å²) >= 11 is 0. The Morgan fingerprint density at radius 3 is 2.36 bits per heavy atom. The van der Waals surface area contributed by atoms with Gasteiger partial charge in [-0.25, -0.2) is 0 Å². The van der Waals surface area contributed by atoms with E-state index in [1.165, 1.54) is 13.0 Å². The minimum atomic E-state index is 0.326. The van der Waals surface area contributed by atoms with E-state index < -0.39 is 0 Å². The second-order valence-corrected chi connectivity index (χ2v) is 5.71. The molecular formula is C13H25N. The molecule has 14 heavy (non-hydrogen) atoms. The smallest absolute Gasteiger partial charge is 0.0287 e.